The van der Waals surface area contributed by atoms with Gasteiger partial charge < -0.3 is 34.1 Å². The van der Waals surface area contributed by atoms with Crippen LogP contribution in [-0.2, 0) is 35.3 Å². The number of esters is 1. The molecule has 2 aliphatic heterocycles. The standard InChI is InChI=1S/C23H31N4O8PS/c1-14(2)33-18(28)15(3)26-36(37,35-16-8-6-5-7-9-16)32-13-23-12-31-22(4,19(23)29)20(34-23)27-11-10-17(24)25-21(27)30/h5-11,14-15,19-20,29H,12-13H2,1-4H3,(H,26,37)(H2,24,25,30)/t15-,19+,20-,22-,23-,36?/m1/s1. The zero-order valence-corrected chi connectivity index (χ0v) is 22.6. The number of fused-ring (bicyclic) bond motifs is 2. The van der Waals surface area contributed by atoms with Crippen LogP contribution in [0.3, 0.4) is 0 Å². The lowest BCUT2D eigenvalue weighted by Gasteiger charge is -2.35. The number of hydrogen-bond acceptors (Lipinski definition) is 11. The first-order valence-electron chi connectivity index (χ1n) is 11.7. The largest absolute Gasteiger partial charge is 0.462 e. The first-order valence-corrected chi connectivity index (χ1v) is 14.3. The zero-order chi connectivity index (χ0) is 27.0. The molecule has 1 aromatic heterocycles. The number of aromatic nitrogens is 2. The molecule has 4 rings (SSSR count). The van der Waals surface area contributed by atoms with E-state index in [2.05, 4.69) is 10.1 Å². The van der Waals surface area contributed by atoms with Crippen LogP contribution in [0.15, 0.2) is 47.4 Å². The minimum absolute atomic E-state index is 0.0239. The first kappa shape index (κ1) is 27.6. The van der Waals surface area contributed by atoms with Gasteiger partial charge in [0.25, 0.3) is 0 Å². The van der Waals surface area contributed by atoms with Gasteiger partial charge in [0.2, 0.25) is 0 Å². The Hall–Kier alpha value is -2.38. The Morgan fingerprint density at radius 1 is 1.35 bits per heavy atom. The fourth-order valence-corrected chi connectivity index (χ4v) is 6.66. The highest BCUT2D eigenvalue weighted by atomic mass is 32.5. The van der Waals surface area contributed by atoms with E-state index in [1.54, 1.807) is 52.0 Å². The van der Waals surface area contributed by atoms with Gasteiger partial charge in [-0.1, -0.05) is 18.2 Å². The third-order valence-corrected chi connectivity index (χ3v) is 8.59. The van der Waals surface area contributed by atoms with Crippen LogP contribution in [-0.4, -0.2) is 63.3 Å². The van der Waals surface area contributed by atoms with Crippen molar-refractivity contribution in [3.63, 3.8) is 0 Å². The van der Waals surface area contributed by atoms with Crippen LogP contribution in [0.2, 0.25) is 0 Å². The Kier molecular flexibility index (Phi) is 7.78. The number of anilines is 1. The molecule has 1 aromatic carbocycles. The minimum Gasteiger partial charge on any atom is -0.462 e. The molecule has 0 radical (unpaired) electrons. The molecule has 2 saturated heterocycles. The van der Waals surface area contributed by atoms with Gasteiger partial charge in [0.15, 0.2) is 6.23 Å². The van der Waals surface area contributed by atoms with E-state index in [-0.39, 0.29) is 25.1 Å². The van der Waals surface area contributed by atoms with E-state index in [9.17, 15) is 14.7 Å². The van der Waals surface area contributed by atoms with Gasteiger partial charge in [-0.15, -0.1) is 0 Å². The Morgan fingerprint density at radius 2 is 2.05 bits per heavy atom. The number of nitrogens with one attached hydrogen (secondary N) is 1. The minimum atomic E-state index is -3.40. The van der Waals surface area contributed by atoms with E-state index in [0.717, 1.165) is 0 Å². The van der Waals surface area contributed by atoms with Crippen LogP contribution in [0.25, 0.3) is 0 Å². The van der Waals surface area contributed by atoms with Gasteiger partial charge in [0.05, 0.1) is 19.3 Å². The summed E-state index contributed by atoms with van der Waals surface area (Å²) in [5.74, 6) is -0.0334. The average Bonchev–Trinajstić information content (AvgIpc) is 3.20. The molecule has 202 valence electrons. The predicted octanol–water partition coefficient (Wildman–Crippen LogP) is 1.49. The molecule has 37 heavy (non-hydrogen) atoms. The van der Waals surface area contributed by atoms with E-state index in [0.29, 0.717) is 5.75 Å². The molecule has 3 heterocycles. The number of carbonyl (C=O) groups excluding carboxylic acids is 1. The molecule has 12 nitrogen and oxygen atoms in total. The summed E-state index contributed by atoms with van der Waals surface area (Å²) in [7, 11) is 0. The molecular weight excluding hydrogens is 523 g/mol. The van der Waals surface area contributed by atoms with E-state index < -0.39 is 47.9 Å². The molecule has 2 fully saturated rings. The molecule has 0 aliphatic carbocycles. The summed E-state index contributed by atoms with van der Waals surface area (Å²) in [5.41, 5.74) is 2.32. The molecule has 2 bridgehead atoms. The van der Waals surface area contributed by atoms with Crippen molar-refractivity contribution in [2.45, 2.75) is 63.4 Å². The number of para-hydroxylation sites is 1. The number of nitrogen functional groups attached to an aromatic ring is 1. The lowest BCUT2D eigenvalue weighted by atomic mass is 9.92. The second kappa shape index (κ2) is 10.4. The molecular formula is C23H31N4O8PS. The highest BCUT2D eigenvalue weighted by molar-refractivity contribution is 8.09. The van der Waals surface area contributed by atoms with E-state index in [1.807, 2.05) is 6.07 Å². The Bertz CT molecular complexity index is 1250. The van der Waals surface area contributed by atoms with E-state index >= 15 is 0 Å². The van der Waals surface area contributed by atoms with E-state index in [4.69, 9.17) is 40.8 Å². The van der Waals surface area contributed by atoms with Crippen LogP contribution >= 0.6 is 6.64 Å². The van der Waals surface area contributed by atoms with Crippen LogP contribution < -0.4 is 21.0 Å². The summed E-state index contributed by atoms with van der Waals surface area (Å²) in [5, 5.41) is 14.2. The van der Waals surface area contributed by atoms with Gasteiger partial charge in [0, 0.05) is 6.20 Å². The van der Waals surface area contributed by atoms with Crippen molar-refractivity contribution in [2.24, 2.45) is 0 Å². The quantitative estimate of drug-likeness (QED) is 0.288. The Balaban J connectivity index is 1.57. The molecule has 14 heteroatoms. The predicted molar refractivity (Wildman–Crippen MR) is 137 cm³/mol. The molecule has 4 N–H and O–H groups in total. The number of nitrogens with two attached hydrogens (primary N) is 1. The number of ether oxygens (including phenoxy) is 3. The number of nitrogens with zero attached hydrogens (tertiary/aromatic N) is 2. The normalized spacial score (nSPS) is 29.1. The van der Waals surface area contributed by atoms with Crippen molar-refractivity contribution in [1.82, 2.24) is 14.6 Å². The van der Waals surface area contributed by atoms with E-state index in [1.165, 1.54) is 16.8 Å². The average molecular weight is 555 g/mol. The smallest absolute Gasteiger partial charge is 0.351 e. The van der Waals surface area contributed by atoms with Crippen molar-refractivity contribution in [3.05, 3.63) is 53.1 Å². The molecule has 0 spiro atoms. The Labute approximate surface area is 219 Å². The Morgan fingerprint density at radius 3 is 2.70 bits per heavy atom. The van der Waals surface area contributed by atoms with Crippen molar-refractivity contribution in [3.8, 4) is 5.75 Å². The maximum atomic E-state index is 12.5. The van der Waals surface area contributed by atoms with Gasteiger partial charge in [-0.25, -0.2) is 9.88 Å². The maximum Gasteiger partial charge on any atom is 0.351 e. The molecule has 0 amide bonds. The summed E-state index contributed by atoms with van der Waals surface area (Å²) in [6.45, 7) is 3.04. The zero-order valence-electron chi connectivity index (χ0n) is 20.9. The monoisotopic (exact) mass is 554 g/mol. The third-order valence-electron chi connectivity index (χ3n) is 6.11. The highest BCUT2D eigenvalue weighted by Gasteiger charge is 2.69. The summed E-state index contributed by atoms with van der Waals surface area (Å²) >= 11 is 5.75. The van der Waals surface area contributed by atoms with Gasteiger partial charge in [-0.05, 0) is 57.7 Å². The van der Waals surface area contributed by atoms with Crippen LogP contribution in [0.5, 0.6) is 5.75 Å². The number of benzene rings is 1. The van der Waals surface area contributed by atoms with Crippen molar-refractivity contribution < 1.29 is 33.2 Å². The topological polar surface area (TPSA) is 156 Å². The number of hydrogen-bond donors (Lipinski definition) is 3. The van der Waals surface area contributed by atoms with Gasteiger partial charge in [-0.3, -0.25) is 9.36 Å². The van der Waals surface area contributed by atoms with Gasteiger partial charge in [-0.2, -0.15) is 4.98 Å². The number of carbonyl (C=O) groups is 1. The fourth-order valence-electron chi connectivity index (χ4n) is 4.22. The molecule has 1 unspecified atom stereocenters. The molecule has 6 atom stereocenters. The van der Waals surface area contributed by atoms with Crippen molar-refractivity contribution in [2.75, 3.05) is 18.9 Å². The second-order valence-corrected chi connectivity index (χ2v) is 12.6. The number of aliphatic hydroxyl groups is 1. The van der Waals surface area contributed by atoms with Crippen molar-refractivity contribution in [1.29, 1.82) is 0 Å². The first-order chi connectivity index (χ1) is 17.4. The second-order valence-electron chi connectivity index (χ2n) is 9.46. The third kappa shape index (κ3) is 5.58. The number of aliphatic hydroxyl groups excluding tert-OH is 1. The summed E-state index contributed by atoms with van der Waals surface area (Å²) in [6, 6.07) is 9.37. The lowest BCUT2D eigenvalue weighted by Crippen LogP contribution is -2.46. The maximum absolute atomic E-state index is 12.5. The summed E-state index contributed by atoms with van der Waals surface area (Å²) in [6.07, 6.45) is -1.07. The number of rotatable bonds is 10. The SMILES string of the molecule is CC(C)OC(=O)[C@@H](C)NP(=S)(OC[C@]12CO[C@](C)([C@@H]1O)[C@H](n1ccc(N)nc1=O)O2)Oc1ccccc1. The fraction of sp³-hybridized carbons (Fsp3) is 0.522. The van der Waals surface area contributed by atoms with Crippen LogP contribution in [0, 0.1) is 0 Å². The summed E-state index contributed by atoms with van der Waals surface area (Å²) in [4.78, 5) is 28.7. The van der Waals surface area contributed by atoms with Crippen LogP contribution in [0.4, 0.5) is 5.82 Å². The van der Waals surface area contributed by atoms with Crippen LogP contribution in [0.1, 0.15) is 33.9 Å². The van der Waals surface area contributed by atoms with Crippen molar-refractivity contribution >= 4 is 30.2 Å². The highest BCUT2D eigenvalue weighted by Crippen LogP contribution is 2.54. The lowest BCUT2D eigenvalue weighted by molar-refractivity contribution is -0.211. The molecule has 2 aromatic rings. The molecule has 2 aliphatic rings. The molecule has 0 saturated carbocycles. The summed E-state index contributed by atoms with van der Waals surface area (Å²) < 4.78 is 30.7. The van der Waals surface area contributed by atoms with Gasteiger partial charge >= 0.3 is 18.3 Å². The van der Waals surface area contributed by atoms with Gasteiger partial charge in [0.1, 0.15) is 34.9 Å².